The molecule has 3 aromatic carbocycles. The van der Waals surface area contributed by atoms with Gasteiger partial charge >= 0.3 is 0 Å². The Morgan fingerprint density at radius 3 is 2.56 bits per heavy atom. The average molecular weight is 454 g/mol. The highest BCUT2D eigenvalue weighted by Crippen LogP contribution is 2.37. The molecule has 1 atom stereocenters. The summed E-state index contributed by atoms with van der Waals surface area (Å²) in [5.41, 5.74) is 3.45. The number of aromatic hydroxyl groups is 1. The van der Waals surface area contributed by atoms with Gasteiger partial charge in [0.05, 0.1) is 12.7 Å². The number of fused-ring (bicyclic) bond motifs is 1. The van der Waals surface area contributed by atoms with Crippen molar-refractivity contribution in [2.45, 2.75) is 13.0 Å². The molecular formula is C26H23N5O3. The maximum absolute atomic E-state index is 13.5. The third-order valence-electron chi connectivity index (χ3n) is 5.67. The van der Waals surface area contributed by atoms with Gasteiger partial charge in [0.15, 0.2) is 5.82 Å². The molecule has 1 aliphatic rings. The van der Waals surface area contributed by atoms with Crippen LogP contribution in [-0.2, 0) is 4.79 Å². The second-order valence-electron chi connectivity index (χ2n) is 7.91. The first-order valence-corrected chi connectivity index (χ1v) is 10.8. The molecule has 0 bridgehead atoms. The van der Waals surface area contributed by atoms with Crippen molar-refractivity contribution < 1.29 is 14.6 Å². The van der Waals surface area contributed by atoms with E-state index in [-0.39, 0.29) is 11.7 Å². The fraction of sp³-hybridized carbons (Fsp3) is 0.115. The number of amides is 1. The number of phenols is 1. The molecule has 8 heteroatoms. The predicted octanol–water partition coefficient (Wildman–Crippen LogP) is 4.59. The van der Waals surface area contributed by atoms with Gasteiger partial charge in [-0.05, 0) is 48.9 Å². The van der Waals surface area contributed by atoms with Crippen LogP contribution in [0.1, 0.15) is 18.5 Å². The van der Waals surface area contributed by atoms with Gasteiger partial charge in [-0.3, -0.25) is 4.79 Å². The van der Waals surface area contributed by atoms with E-state index in [1.165, 1.54) is 0 Å². The van der Waals surface area contributed by atoms with Crippen molar-refractivity contribution in [3.8, 4) is 22.9 Å². The van der Waals surface area contributed by atoms with Crippen molar-refractivity contribution in [1.82, 2.24) is 14.8 Å². The van der Waals surface area contributed by atoms with Crippen molar-refractivity contribution in [1.29, 1.82) is 0 Å². The Morgan fingerprint density at radius 1 is 1.06 bits per heavy atom. The molecule has 0 spiro atoms. The highest BCUT2D eigenvalue weighted by Gasteiger charge is 2.34. The Kier molecular flexibility index (Phi) is 5.47. The molecule has 0 radical (unpaired) electrons. The van der Waals surface area contributed by atoms with Crippen LogP contribution in [0.4, 0.5) is 11.6 Å². The highest BCUT2D eigenvalue weighted by atomic mass is 16.5. The second kappa shape index (κ2) is 8.74. The summed E-state index contributed by atoms with van der Waals surface area (Å²) < 4.78 is 7.04. The molecule has 0 saturated carbocycles. The van der Waals surface area contributed by atoms with E-state index in [0.29, 0.717) is 34.5 Å². The first-order valence-electron chi connectivity index (χ1n) is 10.8. The van der Waals surface area contributed by atoms with Crippen LogP contribution in [0.2, 0.25) is 0 Å². The normalized spacial score (nSPS) is 14.8. The molecule has 0 saturated heterocycles. The predicted molar refractivity (Wildman–Crippen MR) is 130 cm³/mol. The second-order valence-corrected chi connectivity index (χ2v) is 7.91. The number of methoxy groups -OCH3 is 1. The Labute approximate surface area is 196 Å². The zero-order chi connectivity index (χ0) is 23.7. The third-order valence-corrected chi connectivity index (χ3v) is 5.67. The number of allylic oxidation sites excluding steroid dienone is 1. The van der Waals surface area contributed by atoms with Crippen LogP contribution >= 0.6 is 0 Å². The number of phenolic OH excluding ortho intramolecular Hbond substituents is 1. The molecule has 0 aliphatic carbocycles. The summed E-state index contributed by atoms with van der Waals surface area (Å²) in [6, 6.07) is 23.0. The average Bonchev–Trinajstić information content (AvgIpc) is 3.28. The number of para-hydroxylation sites is 1. The molecule has 2 heterocycles. The van der Waals surface area contributed by atoms with Gasteiger partial charge in [-0.2, -0.15) is 4.98 Å². The number of aromatic nitrogens is 3. The molecular weight excluding hydrogens is 430 g/mol. The SMILES string of the molecule is COc1cccc(-c2nc3n(n2)C(c2ccc(O)cc2)C(C(=O)Nc2ccccc2)=C(C)N3)c1. The van der Waals surface area contributed by atoms with E-state index >= 15 is 0 Å². The summed E-state index contributed by atoms with van der Waals surface area (Å²) >= 11 is 0. The third kappa shape index (κ3) is 3.97. The maximum atomic E-state index is 13.5. The topological polar surface area (TPSA) is 101 Å². The van der Waals surface area contributed by atoms with Gasteiger partial charge in [0, 0.05) is 16.9 Å². The molecule has 4 aromatic rings. The molecule has 5 rings (SSSR count). The van der Waals surface area contributed by atoms with Gasteiger partial charge in [-0.1, -0.05) is 42.5 Å². The fourth-order valence-corrected chi connectivity index (χ4v) is 4.01. The minimum absolute atomic E-state index is 0.143. The van der Waals surface area contributed by atoms with E-state index in [9.17, 15) is 9.90 Å². The molecule has 3 N–H and O–H groups in total. The van der Waals surface area contributed by atoms with Crippen molar-refractivity contribution in [2.24, 2.45) is 0 Å². The van der Waals surface area contributed by atoms with Crippen LogP contribution in [0.25, 0.3) is 11.4 Å². The van der Waals surface area contributed by atoms with E-state index in [0.717, 1.165) is 11.1 Å². The van der Waals surface area contributed by atoms with E-state index in [4.69, 9.17) is 9.84 Å². The summed E-state index contributed by atoms with van der Waals surface area (Å²) in [6.45, 7) is 1.84. The molecule has 0 fully saturated rings. The van der Waals surface area contributed by atoms with Gasteiger partial charge in [-0.25, -0.2) is 4.68 Å². The van der Waals surface area contributed by atoms with Crippen LogP contribution < -0.4 is 15.4 Å². The number of benzene rings is 3. The minimum Gasteiger partial charge on any atom is -0.508 e. The molecule has 1 amide bonds. The van der Waals surface area contributed by atoms with Gasteiger partial charge in [-0.15, -0.1) is 5.10 Å². The van der Waals surface area contributed by atoms with Gasteiger partial charge in [0.1, 0.15) is 17.5 Å². The number of nitrogens with one attached hydrogen (secondary N) is 2. The summed E-state index contributed by atoms with van der Waals surface area (Å²) in [5.74, 6) is 1.61. The largest absolute Gasteiger partial charge is 0.508 e. The molecule has 1 aromatic heterocycles. The van der Waals surface area contributed by atoms with Crippen LogP contribution in [-0.4, -0.2) is 32.9 Å². The van der Waals surface area contributed by atoms with Crippen molar-refractivity contribution >= 4 is 17.5 Å². The summed E-state index contributed by atoms with van der Waals surface area (Å²) in [6.07, 6.45) is 0. The molecule has 170 valence electrons. The number of anilines is 2. The summed E-state index contributed by atoms with van der Waals surface area (Å²) in [5, 5.41) is 20.8. The van der Waals surface area contributed by atoms with Crippen LogP contribution in [0.15, 0.2) is 90.1 Å². The van der Waals surface area contributed by atoms with Gasteiger partial charge < -0.3 is 20.5 Å². The number of ether oxygens (including phenoxy) is 1. The van der Waals surface area contributed by atoms with E-state index in [2.05, 4.69) is 15.6 Å². The number of rotatable bonds is 5. The molecule has 1 aliphatic heterocycles. The van der Waals surface area contributed by atoms with Gasteiger partial charge in [0.25, 0.3) is 5.91 Å². The smallest absolute Gasteiger partial charge is 0.255 e. The maximum Gasteiger partial charge on any atom is 0.255 e. The van der Waals surface area contributed by atoms with Crippen molar-refractivity contribution in [3.05, 3.63) is 95.7 Å². The van der Waals surface area contributed by atoms with Crippen molar-refractivity contribution in [3.63, 3.8) is 0 Å². The molecule has 8 nitrogen and oxygen atoms in total. The number of nitrogens with zero attached hydrogens (tertiary/aromatic N) is 3. The molecule has 1 unspecified atom stereocenters. The monoisotopic (exact) mass is 453 g/mol. The Bertz CT molecular complexity index is 1380. The summed E-state index contributed by atoms with van der Waals surface area (Å²) in [7, 11) is 1.61. The first kappa shape index (κ1) is 21.3. The fourth-order valence-electron chi connectivity index (χ4n) is 4.01. The van der Waals surface area contributed by atoms with Crippen LogP contribution in [0.5, 0.6) is 11.5 Å². The highest BCUT2D eigenvalue weighted by molar-refractivity contribution is 6.06. The molecule has 34 heavy (non-hydrogen) atoms. The number of hydrogen-bond donors (Lipinski definition) is 3. The van der Waals surface area contributed by atoms with E-state index in [1.807, 2.05) is 61.5 Å². The number of hydrogen-bond acceptors (Lipinski definition) is 6. The van der Waals surface area contributed by atoms with E-state index < -0.39 is 6.04 Å². The number of carbonyl (C=O) groups excluding carboxylic acids is 1. The Hall–Kier alpha value is -4.59. The first-order chi connectivity index (χ1) is 16.5. The summed E-state index contributed by atoms with van der Waals surface area (Å²) in [4.78, 5) is 18.2. The Morgan fingerprint density at radius 2 is 1.82 bits per heavy atom. The lowest BCUT2D eigenvalue weighted by molar-refractivity contribution is -0.113. The lowest BCUT2D eigenvalue weighted by Gasteiger charge is -2.28. The minimum atomic E-state index is -0.549. The van der Waals surface area contributed by atoms with Gasteiger partial charge in [0.2, 0.25) is 5.95 Å². The quantitative estimate of drug-likeness (QED) is 0.409. The lowest BCUT2D eigenvalue weighted by atomic mass is 9.95. The number of carbonyl (C=O) groups is 1. The van der Waals surface area contributed by atoms with Crippen LogP contribution in [0, 0.1) is 0 Å². The standard InChI is InChI=1S/C26H23N5O3/c1-16-22(25(33)28-19-8-4-3-5-9-19)23(17-11-13-20(32)14-12-17)31-26(27-16)29-24(30-31)18-7-6-10-21(15-18)34-2/h3-15,23,32H,1-2H3,(H,28,33)(H,27,29,30). The zero-order valence-corrected chi connectivity index (χ0v) is 18.7. The zero-order valence-electron chi connectivity index (χ0n) is 18.7. The Balaban J connectivity index is 1.60. The lowest BCUT2D eigenvalue weighted by Crippen LogP contribution is -2.31. The van der Waals surface area contributed by atoms with Crippen molar-refractivity contribution in [2.75, 3.05) is 17.7 Å². The van der Waals surface area contributed by atoms with E-state index in [1.54, 1.807) is 36.1 Å². The van der Waals surface area contributed by atoms with Crippen LogP contribution in [0.3, 0.4) is 0 Å².